The van der Waals surface area contributed by atoms with Crippen LogP contribution in [-0.4, -0.2) is 6.29 Å². The summed E-state index contributed by atoms with van der Waals surface area (Å²) >= 11 is 0. The van der Waals surface area contributed by atoms with Gasteiger partial charge in [0.15, 0.2) is 12.0 Å². The van der Waals surface area contributed by atoms with Crippen molar-refractivity contribution in [3.63, 3.8) is 0 Å². The zero-order valence-corrected chi connectivity index (χ0v) is 10.9. The summed E-state index contributed by atoms with van der Waals surface area (Å²) in [6.07, 6.45) is 2.14. The number of rotatable bonds is 5. The predicted molar refractivity (Wildman–Crippen MR) is 72.5 cm³/mol. The lowest BCUT2D eigenvalue weighted by Gasteiger charge is -2.09. The fourth-order valence-electron chi connectivity index (χ4n) is 1.93. The quantitative estimate of drug-likeness (QED) is 0.663. The molecule has 0 spiro atoms. The molecule has 0 N–H and O–H groups in total. The van der Waals surface area contributed by atoms with Gasteiger partial charge in [-0.05, 0) is 42.5 Å². The molecule has 0 fully saturated rings. The average Bonchev–Trinajstić information content (AvgIpc) is 3.17. The van der Waals surface area contributed by atoms with Crippen LogP contribution in [0.15, 0.2) is 57.6 Å². The van der Waals surface area contributed by atoms with Crippen LogP contribution in [0.2, 0.25) is 0 Å². The van der Waals surface area contributed by atoms with Crippen LogP contribution in [0.5, 0.6) is 5.75 Å². The van der Waals surface area contributed by atoms with E-state index in [9.17, 15) is 9.18 Å². The Balaban J connectivity index is 1.90. The molecule has 0 amide bonds. The number of carbonyl (C=O) groups is 1. The Morgan fingerprint density at radius 1 is 1.19 bits per heavy atom. The van der Waals surface area contributed by atoms with Crippen LogP contribution in [0.3, 0.4) is 0 Å². The SMILES string of the molecule is O=Cc1ccc(-c2cc(F)ccc2OCc2ccco2)o1. The Bertz CT molecular complexity index is 743. The number of furan rings is 2. The van der Waals surface area contributed by atoms with E-state index in [0.29, 0.717) is 29.1 Å². The molecule has 4 nitrogen and oxygen atoms in total. The summed E-state index contributed by atoms with van der Waals surface area (Å²) in [5.74, 6) is 1.22. The normalized spacial score (nSPS) is 10.5. The molecule has 1 aromatic carbocycles. The molecule has 106 valence electrons. The second-order valence-electron chi connectivity index (χ2n) is 4.33. The molecule has 0 unspecified atom stereocenters. The van der Waals surface area contributed by atoms with Gasteiger partial charge in [-0.3, -0.25) is 4.79 Å². The third kappa shape index (κ3) is 2.86. The molecule has 0 atom stereocenters. The van der Waals surface area contributed by atoms with Crippen LogP contribution in [0.4, 0.5) is 4.39 Å². The number of carbonyl (C=O) groups excluding carboxylic acids is 1. The van der Waals surface area contributed by atoms with Crippen molar-refractivity contribution in [2.45, 2.75) is 6.61 Å². The van der Waals surface area contributed by atoms with E-state index in [0.717, 1.165) is 0 Å². The Labute approximate surface area is 119 Å². The maximum atomic E-state index is 13.4. The van der Waals surface area contributed by atoms with E-state index in [4.69, 9.17) is 13.6 Å². The zero-order chi connectivity index (χ0) is 14.7. The molecule has 0 aliphatic carbocycles. The van der Waals surface area contributed by atoms with Crippen molar-refractivity contribution in [3.8, 4) is 17.1 Å². The highest BCUT2D eigenvalue weighted by molar-refractivity contribution is 5.74. The molecule has 21 heavy (non-hydrogen) atoms. The molecule has 0 bridgehead atoms. The zero-order valence-electron chi connectivity index (χ0n) is 10.9. The monoisotopic (exact) mass is 286 g/mol. The number of hydrogen-bond donors (Lipinski definition) is 0. The maximum Gasteiger partial charge on any atom is 0.185 e. The summed E-state index contributed by atoms with van der Waals surface area (Å²) in [6.45, 7) is 0.215. The first kappa shape index (κ1) is 13.2. The van der Waals surface area contributed by atoms with Gasteiger partial charge in [0, 0.05) is 0 Å². The van der Waals surface area contributed by atoms with E-state index < -0.39 is 5.82 Å². The lowest BCUT2D eigenvalue weighted by atomic mass is 10.1. The van der Waals surface area contributed by atoms with Crippen molar-refractivity contribution in [3.05, 3.63) is 66.1 Å². The first-order chi connectivity index (χ1) is 10.3. The number of halogens is 1. The highest BCUT2D eigenvalue weighted by Gasteiger charge is 2.13. The molecule has 2 aromatic heterocycles. The molecule has 0 saturated heterocycles. The van der Waals surface area contributed by atoms with Gasteiger partial charge in [-0.15, -0.1) is 0 Å². The van der Waals surface area contributed by atoms with Crippen LogP contribution in [0, 0.1) is 5.82 Å². The largest absolute Gasteiger partial charge is 0.485 e. The van der Waals surface area contributed by atoms with E-state index in [1.54, 1.807) is 24.5 Å². The summed E-state index contributed by atoms with van der Waals surface area (Å²) in [6, 6.07) is 10.8. The van der Waals surface area contributed by atoms with Gasteiger partial charge in [-0.25, -0.2) is 4.39 Å². The van der Waals surface area contributed by atoms with Gasteiger partial charge in [-0.2, -0.15) is 0 Å². The molecule has 0 saturated carbocycles. The van der Waals surface area contributed by atoms with Crippen LogP contribution in [-0.2, 0) is 6.61 Å². The average molecular weight is 286 g/mol. The number of benzene rings is 1. The number of ether oxygens (including phenoxy) is 1. The van der Waals surface area contributed by atoms with Crippen molar-refractivity contribution in [1.82, 2.24) is 0 Å². The smallest absolute Gasteiger partial charge is 0.185 e. The molecule has 3 rings (SSSR count). The van der Waals surface area contributed by atoms with E-state index in [-0.39, 0.29) is 12.4 Å². The highest BCUT2D eigenvalue weighted by Crippen LogP contribution is 2.32. The second-order valence-corrected chi connectivity index (χ2v) is 4.33. The minimum atomic E-state index is -0.417. The van der Waals surface area contributed by atoms with Crippen LogP contribution in [0.25, 0.3) is 11.3 Å². The summed E-state index contributed by atoms with van der Waals surface area (Å²) < 4.78 is 29.6. The van der Waals surface area contributed by atoms with Gasteiger partial charge < -0.3 is 13.6 Å². The fourth-order valence-corrected chi connectivity index (χ4v) is 1.93. The summed E-state index contributed by atoms with van der Waals surface area (Å²) in [5.41, 5.74) is 0.439. The lowest BCUT2D eigenvalue weighted by Crippen LogP contribution is -1.96. The van der Waals surface area contributed by atoms with E-state index in [1.807, 2.05) is 0 Å². The number of hydrogen-bond acceptors (Lipinski definition) is 4. The summed E-state index contributed by atoms with van der Waals surface area (Å²) in [5, 5.41) is 0. The maximum absolute atomic E-state index is 13.4. The van der Waals surface area contributed by atoms with Gasteiger partial charge >= 0.3 is 0 Å². The van der Waals surface area contributed by atoms with Crippen LogP contribution < -0.4 is 4.74 Å². The van der Waals surface area contributed by atoms with Gasteiger partial charge in [0.2, 0.25) is 0 Å². The Morgan fingerprint density at radius 3 is 2.81 bits per heavy atom. The van der Waals surface area contributed by atoms with Gasteiger partial charge in [-0.1, -0.05) is 0 Å². The molecule has 0 aliphatic rings. The topological polar surface area (TPSA) is 52.6 Å². The minimum absolute atomic E-state index is 0.172. The Morgan fingerprint density at radius 2 is 2.10 bits per heavy atom. The van der Waals surface area contributed by atoms with Gasteiger partial charge in [0.25, 0.3) is 0 Å². The van der Waals surface area contributed by atoms with Gasteiger partial charge in [0.1, 0.15) is 29.7 Å². The van der Waals surface area contributed by atoms with Crippen LogP contribution >= 0.6 is 0 Å². The standard InChI is InChI=1S/C16H11FO4/c17-11-3-5-15(20-10-13-2-1-7-19-13)14(8-11)16-6-4-12(9-18)21-16/h1-9H,10H2. The van der Waals surface area contributed by atoms with Crippen molar-refractivity contribution in [1.29, 1.82) is 0 Å². The third-order valence-electron chi connectivity index (χ3n) is 2.90. The van der Waals surface area contributed by atoms with Crippen molar-refractivity contribution in [2.75, 3.05) is 0 Å². The first-order valence-corrected chi connectivity index (χ1v) is 6.26. The Hall–Kier alpha value is -2.82. The van der Waals surface area contributed by atoms with E-state index in [1.165, 1.54) is 24.3 Å². The van der Waals surface area contributed by atoms with Crippen molar-refractivity contribution in [2.24, 2.45) is 0 Å². The first-order valence-electron chi connectivity index (χ1n) is 6.26. The van der Waals surface area contributed by atoms with Crippen molar-refractivity contribution >= 4 is 6.29 Å². The molecular weight excluding hydrogens is 275 g/mol. The predicted octanol–water partition coefficient (Wildman–Crippen LogP) is 4.07. The molecule has 2 heterocycles. The Kier molecular flexibility index (Phi) is 3.55. The molecule has 5 heteroatoms. The number of aldehydes is 1. The van der Waals surface area contributed by atoms with E-state index >= 15 is 0 Å². The van der Waals surface area contributed by atoms with E-state index in [2.05, 4.69) is 0 Å². The second kappa shape index (κ2) is 5.66. The summed E-state index contributed by atoms with van der Waals surface area (Å²) in [4.78, 5) is 10.7. The molecule has 0 radical (unpaired) electrons. The molecule has 0 aliphatic heterocycles. The van der Waals surface area contributed by atoms with Gasteiger partial charge in [0.05, 0.1) is 11.8 Å². The van der Waals surface area contributed by atoms with Crippen LogP contribution in [0.1, 0.15) is 16.3 Å². The minimum Gasteiger partial charge on any atom is -0.485 e. The lowest BCUT2D eigenvalue weighted by molar-refractivity contribution is 0.110. The van der Waals surface area contributed by atoms with Crippen molar-refractivity contribution < 1.29 is 22.8 Å². The third-order valence-corrected chi connectivity index (χ3v) is 2.90. The summed E-state index contributed by atoms with van der Waals surface area (Å²) in [7, 11) is 0. The molecular formula is C16H11FO4. The highest BCUT2D eigenvalue weighted by atomic mass is 19.1. The fraction of sp³-hybridized carbons (Fsp3) is 0.0625. The molecule has 3 aromatic rings.